The molecule has 1 aromatic rings. The fourth-order valence-corrected chi connectivity index (χ4v) is 3.70. The number of thioether (sulfide) groups is 1. The molecule has 0 atom stereocenters. The number of benzene rings is 1. The van der Waals surface area contributed by atoms with Gasteiger partial charge in [0.25, 0.3) is 5.24 Å². The summed E-state index contributed by atoms with van der Waals surface area (Å²) in [4.78, 5) is 16.7. The van der Waals surface area contributed by atoms with Crippen LogP contribution in [0.5, 0.6) is 0 Å². The Balaban J connectivity index is 1.84. The van der Waals surface area contributed by atoms with Crippen LogP contribution in [-0.2, 0) is 6.54 Å². The van der Waals surface area contributed by atoms with Crippen LogP contribution in [0.15, 0.2) is 29.2 Å². The highest BCUT2D eigenvalue weighted by Gasteiger charge is 2.23. The first-order valence-corrected chi connectivity index (χ1v) is 9.10. The van der Waals surface area contributed by atoms with Crippen LogP contribution in [0.25, 0.3) is 0 Å². The fourth-order valence-electron chi connectivity index (χ4n) is 3.04. The number of hydrogen-bond acceptors (Lipinski definition) is 4. The van der Waals surface area contributed by atoms with Gasteiger partial charge in [-0.15, -0.1) is 0 Å². The molecule has 1 fully saturated rings. The second kappa shape index (κ2) is 8.71. The van der Waals surface area contributed by atoms with Gasteiger partial charge in [0.2, 0.25) is 0 Å². The molecule has 1 aliphatic carbocycles. The molecule has 128 valence electrons. The first kappa shape index (κ1) is 18.3. The van der Waals surface area contributed by atoms with Crippen molar-refractivity contribution in [3.8, 4) is 0 Å². The molecule has 0 spiro atoms. The van der Waals surface area contributed by atoms with Crippen molar-refractivity contribution >= 4 is 17.0 Å². The number of carbonyl (C=O) groups is 1. The highest BCUT2D eigenvalue weighted by Crippen LogP contribution is 2.28. The monoisotopic (exact) mass is 336 g/mol. The van der Waals surface area contributed by atoms with E-state index in [4.69, 9.17) is 0 Å². The molecule has 0 aromatic heterocycles. The number of aliphatic hydroxyl groups excluding tert-OH is 1. The molecule has 4 nitrogen and oxygen atoms in total. The summed E-state index contributed by atoms with van der Waals surface area (Å²) < 4.78 is 0. The maximum atomic E-state index is 11.7. The standard InChI is InChI=1S/C18H28N2O2S/c1-19(2)18(22)23-17-10-6-14(7-11-17)12-20(3)16-8-4-15(13-21)5-9-16/h6-7,10-11,15-16,21H,4-5,8-9,12-13H2,1-3H3. The van der Waals surface area contributed by atoms with Crippen molar-refractivity contribution in [2.24, 2.45) is 5.92 Å². The molecule has 0 radical (unpaired) electrons. The Bertz CT molecular complexity index is 496. The summed E-state index contributed by atoms with van der Waals surface area (Å²) in [6, 6.07) is 8.89. The lowest BCUT2D eigenvalue weighted by atomic mass is 9.86. The van der Waals surface area contributed by atoms with Gasteiger partial charge < -0.3 is 10.0 Å². The molecular weight excluding hydrogens is 308 g/mol. The zero-order valence-electron chi connectivity index (χ0n) is 14.4. The largest absolute Gasteiger partial charge is 0.396 e. The van der Waals surface area contributed by atoms with E-state index in [1.807, 2.05) is 12.1 Å². The topological polar surface area (TPSA) is 43.8 Å². The molecule has 0 aliphatic heterocycles. The van der Waals surface area contributed by atoms with Crippen LogP contribution in [0.2, 0.25) is 0 Å². The van der Waals surface area contributed by atoms with E-state index in [-0.39, 0.29) is 5.24 Å². The highest BCUT2D eigenvalue weighted by atomic mass is 32.2. The van der Waals surface area contributed by atoms with E-state index >= 15 is 0 Å². The van der Waals surface area contributed by atoms with Crippen molar-refractivity contribution in [2.45, 2.75) is 43.2 Å². The van der Waals surface area contributed by atoms with E-state index in [0.717, 1.165) is 24.3 Å². The molecule has 1 aromatic carbocycles. The van der Waals surface area contributed by atoms with Gasteiger partial charge >= 0.3 is 0 Å². The van der Waals surface area contributed by atoms with E-state index in [1.165, 1.54) is 30.2 Å². The van der Waals surface area contributed by atoms with Crippen molar-refractivity contribution in [1.29, 1.82) is 0 Å². The van der Waals surface area contributed by atoms with Gasteiger partial charge in [0.05, 0.1) is 0 Å². The minimum Gasteiger partial charge on any atom is -0.396 e. The van der Waals surface area contributed by atoms with Crippen molar-refractivity contribution in [3.63, 3.8) is 0 Å². The van der Waals surface area contributed by atoms with Crippen LogP contribution in [0, 0.1) is 5.92 Å². The average molecular weight is 337 g/mol. The third kappa shape index (κ3) is 5.52. The molecule has 1 aliphatic rings. The summed E-state index contributed by atoms with van der Waals surface area (Å²) in [5.74, 6) is 0.505. The van der Waals surface area contributed by atoms with Crippen molar-refractivity contribution in [3.05, 3.63) is 29.8 Å². The van der Waals surface area contributed by atoms with E-state index in [9.17, 15) is 9.90 Å². The summed E-state index contributed by atoms with van der Waals surface area (Å²) in [5.41, 5.74) is 1.28. The predicted octanol–water partition coefficient (Wildman–Crippen LogP) is 3.44. The number of carbonyl (C=O) groups excluding carboxylic acids is 1. The Kier molecular flexibility index (Phi) is 6.93. The van der Waals surface area contributed by atoms with Crippen LogP contribution < -0.4 is 0 Å². The second-order valence-electron chi connectivity index (χ2n) is 6.68. The third-order valence-electron chi connectivity index (χ3n) is 4.62. The molecule has 0 saturated heterocycles. The van der Waals surface area contributed by atoms with Gasteiger partial charge in [-0.1, -0.05) is 12.1 Å². The zero-order chi connectivity index (χ0) is 16.8. The number of nitrogens with zero attached hydrogens (tertiary/aromatic N) is 2. The quantitative estimate of drug-likeness (QED) is 0.837. The van der Waals surface area contributed by atoms with E-state index in [0.29, 0.717) is 18.6 Å². The second-order valence-corrected chi connectivity index (χ2v) is 7.70. The Morgan fingerprint density at radius 2 is 1.74 bits per heavy atom. The van der Waals surface area contributed by atoms with Crippen LogP contribution in [-0.4, -0.2) is 53.9 Å². The summed E-state index contributed by atoms with van der Waals surface area (Å²) in [6.45, 7) is 1.27. The van der Waals surface area contributed by atoms with E-state index in [2.05, 4.69) is 24.1 Å². The smallest absolute Gasteiger partial charge is 0.285 e. The lowest BCUT2D eigenvalue weighted by Gasteiger charge is -2.34. The van der Waals surface area contributed by atoms with E-state index < -0.39 is 0 Å². The van der Waals surface area contributed by atoms with Crippen LogP contribution >= 0.6 is 11.8 Å². The first-order valence-electron chi connectivity index (χ1n) is 8.28. The Labute approximate surface area is 143 Å². The molecular formula is C18H28N2O2S. The molecule has 5 heteroatoms. The van der Waals surface area contributed by atoms with Gasteiger partial charge in [-0.25, -0.2) is 0 Å². The minimum atomic E-state index is 0.0514. The van der Waals surface area contributed by atoms with Gasteiger partial charge in [-0.2, -0.15) is 0 Å². The lowest BCUT2D eigenvalue weighted by molar-refractivity contribution is 0.124. The van der Waals surface area contributed by atoms with Gasteiger partial charge in [-0.3, -0.25) is 9.69 Å². The van der Waals surface area contributed by atoms with Crippen molar-refractivity contribution in [1.82, 2.24) is 9.80 Å². The highest BCUT2D eigenvalue weighted by molar-refractivity contribution is 8.13. The Hall–Kier alpha value is -1.04. The maximum Gasteiger partial charge on any atom is 0.285 e. The summed E-state index contributed by atoms with van der Waals surface area (Å²) in [7, 11) is 5.72. The average Bonchev–Trinajstić information content (AvgIpc) is 2.56. The van der Waals surface area contributed by atoms with Gasteiger partial charge in [-0.05, 0) is 68.1 Å². The Morgan fingerprint density at radius 3 is 2.26 bits per heavy atom. The Morgan fingerprint density at radius 1 is 1.13 bits per heavy atom. The fraction of sp³-hybridized carbons (Fsp3) is 0.611. The van der Waals surface area contributed by atoms with E-state index in [1.54, 1.807) is 19.0 Å². The lowest BCUT2D eigenvalue weighted by Crippen LogP contribution is -2.35. The molecule has 0 bridgehead atoms. The molecule has 2 rings (SSSR count). The summed E-state index contributed by atoms with van der Waals surface area (Å²) in [6.07, 6.45) is 4.61. The molecule has 1 saturated carbocycles. The van der Waals surface area contributed by atoms with Crippen molar-refractivity contribution < 1.29 is 9.90 Å². The zero-order valence-corrected chi connectivity index (χ0v) is 15.2. The van der Waals surface area contributed by atoms with Gasteiger partial charge in [0.1, 0.15) is 0 Å². The normalized spacial score (nSPS) is 21.4. The molecule has 0 heterocycles. The summed E-state index contributed by atoms with van der Waals surface area (Å²) in [5, 5.41) is 9.28. The molecule has 23 heavy (non-hydrogen) atoms. The number of amides is 1. The number of rotatable bonds is 5. The van der Waals surface area contributed by atoms with Crippen molar-refractivity contribution in [2.75, 3.05) is 27.7 Å². The van der Waals surface area contributed by atoms with Crippen LogP contribution in [0.3, 0.4) is 0 Å². The predicted molar refractivity (Wildman–Crippen MR) is 95.7 cm³/mol. The SMILES string of the molecule is CN(C)C(=O)Sc1ccc(CN(C)C2CCC(CO)CC2)cc1. The van der Waals surface area contributed by atoms with Gasteiger partial charge in [0, 0.05) is 38.2 Å². The number of hydrogen-bond donors (Lipinski definition) is 1. The molecule has 1 amide bonds. The third-order valence-corrected chi connectivity index (χ3v) is 5.67. The molecule has 1 N–H and O–H groups in total. The van der Waals surface area contributed by atoms with Crippen LogP contribution in [0.4, 0.5) is 4.79 Å². The minimum absolute atomic E-state index is 0.0514. The maximum absolute atomic E-state index is 11.7. The summed E-state index contributed by atoms with van der Waals surface area (Å²) >= 11 is 1.26. The van der Waals surface area contributed by atoms with Gasteiger partial charge in [0.15, 0.2) is 0 Å². The first-order chi connectivity index (χ1) is 11.0. The van der Waals surface area contributed by atoms with Crippen LogP contribution in [0.1, 0.15) is 31.2 Å². The molecule has 0 unspecified atom stereocenters. The number of aliphatic hydroxyl groups is 1.